The molecule has 0 amide bonds. The van der Waals surface area contributed by atoms with E-state index in [1.165, 1.54) is 18.9 Å². The number of thioether (sulfide) groups is 1. The van der Waals surface area contributed by atoms with E-state index < -0.39 is 0 Å². The van der Waals surface area contributed by atoms with Crippen LogP contribution in [-0.2, 0) is 0 Å². The molecule has 0 fully saturated rings. The first-order valence-electron chi connectivity index (χ1n) is 4.72. The molecule has 78 valence electrons. The minimum Gasteiger partial charge on any atom is -0.383 e. The van der Waals surface area contributed by atoms with Crippen molar-refractivity contribution < 1.29 is 0 Å². The Hall–Kier alpha value is -0.970. The van der Waals surface area contributed by atoms with Crippen molar-refractivity contribution in [2.24, 2.45) is 0 Å². The van der Waals surface area contributed by atoms with E-state index in [9.17, 15) is 4.79 Å². The second-order valence-electron chi connectivity index (χ2n) is 3.03. The number of unbranched alkanes of at least 4 members (excludes halogenated alkanes) is 2. The van der Waals surface area contributed by atoms with Gasteiger partial charge in [-0.3, -0.25) is 4.79 Å². The van der Waals surface area contributed by atoms with Crippen LogP contribution < -0.4 is 11.3 Å². The van der Waals surface area contributed by atoms with Crippen molar-refractivity contribution in [3.8, 4) is 0 Å². The van der Waals surface area contributed by atoms with E-state index >= 15 is 0 Å². The maximum Gasteiger partial charge on any atom is 0.253 e. The Morgan fingerprint density at radius 3 is 3.00 bits per heavy atom. The Kier molecular flexibility index (Phi) is 4.52. The first kappa shape index (κ1) is 11.1. The summed E-state index contributed by atoms with van der Waals surface area (Å²) in [6.45, 7) is 2.16. The minimum atomic E-state index is -0.185. The second kappa shape index (κ2) is 5.70. The lowest BCUT2D eigenvalue weighted by Gasteiger charge is -2.00. The van der Waals surface area contributed by atoms with Crippen molar-refractivity contribution in [1.29, 1.82) is 0 Å². The highest BCUT2D eigenvalue weighted by atomic mass is 32.2. The van der Waals surface area contributed by atoms with Crippen molar-refractivity contribution >= 4 is 17.6 Å². The number of nitrogens with zero attached hydrogens (tertiary/aromatic N) is 1. The number of nitrogens with one attached hydrogen (secondary N) is 1. The van der Waals surface area contributed by atoms with Crippen LogP contribution in [0.2, 0.25) is 0 Å². The third kappa shape index (κ3) is 3.83. The van der Waals surface area contributed by atoms with E-state index in [2.05, 4.69) is 16.9 Å². The second-order valence-corrected chi connectivity index (χ2v) is 4.11. The molecule has 0 aliphatic carbocycles. The predicted molar refractivity (Wildman–Crippen MR) is 59.5 cm³/mol. The standard InChI is InChI=1S/C9H15N3OS/c1-2-3-4-5-14-9-11-7(10)6-8(13)12-9/h6H,2-5H2,1H3,(H3,10,11,12,13). The maximum atomic E-state index is 11.0. The molecule has 0 saturated carbocycles. The average molecular weight is 213 g/mol. The summed E-state index contributed by atoms with van der Waals surface area (Å²) >= 11 is 1.54. The van der Waals surface area contributed by atoms with Gasteiger partial charge in [-0.2, -0.15) is 0 Å². The molecule has 0 unspecified atom stereocenters. The van der Waals surface area contributed by atoms with Crippen LogP contribution in [0, 0.1) is 0 Å². The summed E-state index contributed by atoms with van der Waals surface area (Å²) in [4.78, 5) is 17.7. The molecular formula is C9H15N3OS. The van der Waals surface area contributed by atoms with Crippen molar-refractivity contribution in [2.75, 3.05) is 11.5 Å². The molecule has 1 rings (SSSR count). The highest BCUT2D eigenvalue weighted by Crippen LogP contribution is 2.14. The van der Waals surface area contributed by atoms with Gasteiger partial charge in [0.15, 0.2) is 5.16 Å². The van der Waals surface area contributed by atoms with E-state index in [0.717, 1.165) is 12.2 Å². The molecule has 0 aromatic carbocycles. The van der Waals surface area contributed by atoms with E-state index in [1.807, 2.05) is 0 Å². The largest absolute Gasteiger partial charge is 0.383 e. The number of hydrogen-bond acceptors (Lipinski definition) is 4. The highest BCUT2D eigenvalue weighted by Gasteiger charge is 1.98. The van der Waals surface area contributed by atoms with Crippen molar-refractivity contribution in [3.63, 3.8) is 0 Å². The van der Waals surface area contributed by atoms with Crippen LogP contribution >= 0.6 is 11.8 Å². The van der Waals surface area contributed by atoms with Crippen LogP contribution in [0.3, 0.4) is 0 Å². The van der Waals surface area contributed by atoms with E-state index in [0.29, 0.717) is 5.16 Å². The average Bonchev–Trinajstić information content (AvgIpc) is 2.11. The third-order valence-electron chi connectivity index (χ3n) is 1.73. The smallest absolute Gasteiger partial charge is 0.253 e. The number of rotatable bonds is 5. The van der Waals surface area contributed by atoms with Crippen LogP contribution in [0.15, 0.2) is 16.0 Å². The Morgan fingerprint density at radius 2 is 2.36 bits per heavy atom. The van der Waals surface area contributed by atoms with Gasteiger partial charge in [-0.1, -0.05) is 31.5 Å². The summed E-state index contributed by atoms with van der Waals surface area (Å²) in [5, 5.41) is 0.617. The highest BCUT2D eigenvalue weighted by molar-refractivity contribution is 7.99. The third-order valence-corrected chi connectivity index (χ3v) is 2.69. The van der Waals surface area contributed by atoms with E-state index in [-0.39, 0.29) is 11.4 Å². The van der Waals surface area contributed by atoms with Gasteiger partial charge >= 0.3 is 0 Å². The summed E-state index contributed by atoms with van der Waals surface area (Å²) in [6, 6.07) is 1.29. The molecule has 0 bridgehead atoms. The van der Waals surface area contributed by atoms with Crippen molar-refractivity contribution in [2.45, 2.75) is 31.3 Å². The number of H-pyrrole nitrogens is 1. The molecule has 3 N–H and O–H groups in total. The molecule has 0 aliphatic rings. The molecule has 0 radical (unpaired) electrons. The van der Waals surface area contributed by atoms with Crippen molar-refractivity contribution in [1.82, 2.24) is 9.97 Å². The van der Waals surface area contributed by atoms with E-state index in [1.54, 1.807) is 11.8 Å². The molecule has 0 saturated heterocycles. The summed E-state index contributed by atoms with van der Waals surface area (Å²) in [5.74, 6) is 1.26. The van der Waals surface area contributed by atoms with Gasteiger partial charge in [-0.25, -0.2) is 4.98 Å². The number of aromatic amines is 1. The molecular weight excluding hydrogens is 198 g/mol. The van der Waals surface area contributed by atoms with Crippen LogP contribution in [0.5, 0.6) is 0 Å². The first-order valence-corrected chi connectivity index (χ1v) is 5.70. The fraction of sp³-hybridized carbons (Fsp3) is 0.556. The summed E-state index contributed by atoms with van der Waals surface area (Å²) in [7, 11) is 0. The molecule has 1 heterocycles. The lowest BCUT2D eigenvalue weighted by atomic mass is 10.3. The Balaban J connectivity index is 2.46. The van der Waals surface area contributed by atoms with Gasteiger partial charge in [-0.05, 0) is 6.42 Å². The SMILES string of the molecule is CCCCCSc1nc(N)cc(=O)[nH]1. The maximum absolute atomic E-state index is 11.0. The molecule has 1 aromatic rings. The molecule has 4 nitrogen and oxygen atoms in total. The van der Waals surface area contributed by atoms with Crippen LogP contribution in [0.1, 0.15) is 26.2 Å². The van der Waals surface area contributed by atoms with Crippen LogP contribution in [0.4, 0.5) is 5.82 Å². The monoisotopic (exact) mass is 213 g/mol. The van der Waals surface area contributed by atoms with Gasteiger partial charge in [0.25, 0.3) is 5.56 Å². The quantitative estimate of drug-likeness (QED) is 0.443. The molecule has 0 atom stereocenters. The number of nitrogen functional groups attached to an aromatic ring is 1. The van der Waals surface area contributed by atoms with Gasteiger partial charge in [0.05, 0.1) is 0 Å². The fourth-order valence-electron chi connectivity index (χ4n) is 1.04. The number of anilines is 1. The zero-order valence-corrected chi connectivity index (χ0v) is 9.06. The lowest BCUT2D eigenvalue weighted by molar-refractivity contribution is 0.777. The topological polar surface area (TPSA) is 71.8 Å². The molecule has 5 heteroatoms. The first-order chi connectivity index (χ1) is 6.72. The number of hydrogen-bond donors (Lipinski definition) is 2. The van der Waals surface area contributed by atoms with Gasteiger partial charge in [-0.15, -0.1) is 0 Å². The van der Waals surface area contributed by atoms with Crippen LogP contribution in [-0.4, -0.2) is 15.7 Å². The zero-order valence-electron chi connectivity index (χ0n) is 8.25. The summed E-state index contributed by atoms with van der Waals surface area (Å²) in [5.41, 5.74) is 5.26. The molecule has 14 heavy (non-hydrogen) atoms. The Bertz CT molecular complexity index is 337. The van der Waals surface area contributed by atoms with Gasteiger partial charge < -0.3 is 10.7 Å². The normalized spacial score (nSPS) is 10.4. The summed E-state index contributed by atoms with van der Waals surface area (Å²) in [6.07, 6.45) is 3.54. The Labute approximate surface area is 87.3 Å². The van der Waals surface area contributed by atoms with Gasteiger partial charge in [0, 0.05) is 11.8 Å². The van der Waals surface area contributed by atoms with Gasteiger partial charge in [0.2, 0.25) is 0 Å². The van der Waals surface area contributed by atoms with E-state index in [4.69, 9.17) is 5.73 Å². The number of nitrogens with two attached hydrogens (primary N) is 1. The zero-order chi connectivity index (χ0) is 10.4. The Morgan fingerprint density at radius 1 is 1.57 bits per heavy atom. The molecule has 0 aliphatic heterocycles. The van der Waals surface area contributed by atoms with Crippen molar-refractivity contribution in [3.05, 3.63) is 16.4 Å². The summed E-state index contributed by atoms with van der Waals surface area (Å²) < 4.78 is 0. The van der Waals surface area contributed by atoms with Crippen LogP contribution in [0.25, 0.3) is 0 Å². The molecule has 1 aromatic heterocycles. The number of aromatic nitrogens is 2. The lowest BCUT2D eigenvalue weighted by Crippen LogP contribution is -2.09. The predicted octanol–water partition coefficient (Wildman–Crippen LogP) is 1.63. The fourth-order valence-corrected chi connectivity index (χ4v) is 1.93. The minimum absolute atomic E-state index is 0.185. The molecule has 0 spiro atoms. The van der Waals surface area contributed by atoms with Gasteiger partial charge in [0.1, 0.15) is 5.82 Å².